The van der Waals surface area contributed by atoms with Crippen LogP contribution >= 0.6 is 12.2 Å². The molecule has 0 amide bonds. The van der Waals surface area contributed by atoms with E-state index in [9.17, 15) is 4.79 Å². The first-order chi connectivity index (χ1) is 13.2. The lowest BCUT2D eigenvalue weighted by atomic mass is 9.97. The Morgan fingerprint density at radius 2 is 1.93 bits per heavy atom. The van der Waals surface area contributed by atoms with E-state index >= 15 is 0 Å². The van der Waals surface area contributed by atoms with Crippen LogP contribution in [0.25, 0.3) is 11.4 Å². The number of likely N-dealkylation sites (tertiary alicyclic amines) is 1. The third-order valence-corrected chi connectivity index (χ3v) is 5.67. The van der Waals surface area contributed by atoms with Crippen LogP contribution < -0.4 is 0 Å². The zero-order valence-electron chi connectivity index (χ0n) is 15.6. The van der Waals surface area contributed by atoms with Gasteiger partial charge >= 0.3 is 5.97 Å². The van der Waals surface area contributed by atoms with Crippen LogP contribution in [0.5, 0.6) is 0 Å². The highest BCUT2D eigenvalue weighted by molar-refractivity contribution is 7.71. The molecular formula is C19H25N5O2S. The molecule has 0 atom stereocenters. The number of aromatic nitrogens is 4. The number of carbonyl (C=O) groups excluding carboxylic acids is 1. The van der Waals surface area contributed by atoms with E-state index in [1.807, 2.05) is 23.7 Å². The van der Waals surface area contributed by atoms with E-state index in [1.54, 1.807) is 12.4 Å². The van der Waals surface area contributed by atoms with Crippen molar-refractivity contribution in [1.29, 1.82) is 0 Å². The fourth-order valence-electron chi connectivity index (χ4n) is 3.63. The molecule has 27 heavy (non-hydrogen) atoms. The molecule has 2 aliphatic rings. The minimum Gasteiger partial charge on any atom is -0.466 e. The number of rotatable bonds is 6. The molecule has 2 fully saturated rings. The number of piperidine rings is 1. The van der Waals surface area contributed by atoms with Crippen LogP contribution in [-0.4, -0.2) is 49.9 Å². The molecule has 0 radical (unpaired) electrons. The van der Waals surface area contributed by atoms with Crippen molar-refractivity contribution >= 4 is 18.2 Å². The van der Waals surface area contributed by atoms with E-state index in [4.69, 9.17) is 22.1 Å². The molecule has 1 saturated heterocycles. The Labute approximate surface area is 164 Å². The molecule has 0 unspecified atom stereocenters. The molecule has 2 aromatic heterocycles. The smallest absolute Gasteiger partial charge is 0.309 e. The van der Waals surface area contributed by atoms with Crippen LogP contribution in [0.3, 0.4) is 0 Å². The highest BCUT2D eigenvalue weighted by Gasteiger charge is 2.30. The first kappa shape index (κ1) is 18.3. The molecular weight excluding hydrogens is 362 g/mol. The molecule has 0 spiro atoms. The second-order valence-corrected chi connectivity index (χ2v) is 7.59. The lowest BCUT2D eigenvalue weighted by molar-refractivity contribution is -0.149. The summed E-state index contributed by atoms with van der Waals surface area (Å²) in [5.41, 5.74) is 1.04. The van der Waals surface area contributed by atoms with Gasteiger partial charge in [0.05, 0.1) is 19.2 Å². The van der Waals surface area contributed by atoms with Crippen LogP contribution in [-0.2, 0) is 16.2 Å². The van der Waals surface area contributed by atoms with Crippen LogP contribution in [0, 0.1) is 10.7 Å². The molecule has 1 saturated carbocycles. The van der Waals surface area contributed by atoms with Crippen LogP contribution in [0.4, 0.5) is 0 Å². The largest absolute Gasteiger partial charge is 0.466 e. The predicted molar refractivity (Wildman–Crippen MR) is 103 cm³/mol. The van der Waals surface area contributed by atoms with Gasteiger partial charge in [-0.2, -0.15) is 5.10 Å². The minimum absolute atomic E-state index is 0.0190. The van der Waals surface area contributed by atoms with Crippen molar-refractivity contribution in [2.24, 2.45) is 5.92 Å². The van der Waals surface area contributed by atoms with Gasteiger partial charge in [-0.3, -0.25) is 19.2 Å². The molecule has 8 heteroatoms. The van der Waals surface area contributed by atoms with Crippen LogP contribution in [0.15, 0.2) is 24.5 Å². The Morgan fingerprint density at radius 3 is 2.56 bits per heavy atom. The molecule has 1 aliphatic carbocycles. The van der Waals surface area contributed by atoms with E-state index in [1.165, 1.54) is 0 Å². The van der Waals surface area contributed by atoms with Crippen molar-refractivity contribution in [2.45, 2.75) is 45.3 Å². The molecule has 4 rings (SSSR count). The summed E-state index contributed by atoms with van der Waals surface area (Å²) in [5, 5.41) is 4.83. The molecule has 1 aliphatic heterocycles. The zero-order chi connectivity index (χ0) is 18.8. The maximum atomic E-state index is 11.9. The van der Waals surface area contributed by atoms with Gasteiger partial charge in [0.1, 0.15) is 0 Å². The normalized spacial score (nSPS) is 18.6. The maximum absolute atomic E-state index is 11.9. The van der Waals surface area contributed by atoms with Crippen LogP contribution in [0.1, 0.15) is 38.6 Å². The second-order valence-electron chi connectivity index (χ2n) is 7.23. The molecule has 144 valence electrons. The highest BCUT2D eigenvalue weighted by Crippen LogP contribution is 2.38. The fraction of sp³-hybridized carbons (Fsp3) is 0.579. The van der Waals surface area contributed by atoms with Gasteiger partial charge in [-0.1, -0.05) is 0 Å². The van der Waals surface area contributed by atoms with Gasteiger partial charge in [0.15, 0.2) is 10.6 Å². The fourth-order valence-corrected chi connectivity index (χ4v) is 3.97. The van der Waals surface area contributed by atoms with Gasteiger partial charge in [0.25, 0.3) is 0 Å². The summed E-state index contributed by atoms with van der Waals surface area (Å²) in [4.78, 5) is 18.3. The quantitative estimate of drug-likeness (QED) is 0.561. The predicted octanol–water partition coefficient (Wildman–Crippen LogP) is 3.04. The van der Waals surface area contributed by atoms with Crippen molar-refractivity contribution in [1.82, 2.24) is 24.2 Å². The summed E-state index contributed by atoms with van der Waals surface area (Å²) in [6.07, 6.45) is 7.54. The molecule has 3 heterocycles. The lowest BCUT2D eigenvalue weighted by Crippen LogP contribution is -2.38. The standard InChI is InChI=1S/C19H25N5O2S/c1-2-26-18(25)15-7-11-22(12-8-15)13-23-19(27)24(16-3-4-16)17(21-23)14-5-9-20-10-6-14/h5-6,9-10,15-16H,2-4,7-8,11-13H2,1H3. The summed E-state index contributed by atoms with van der Waals surface area (Å²) in [6.45, 7) is 4.67. The van der Waals surface area contributed by atoms with Gasteiger partial charge in [-0.05, 0) is 57.0 Å². The Bertz CT molecular complexity index is 851. The molecule has 0 bridgehead atoms. The highest BCUT2D eigenvalue weighted by atomic mass is 32.1. The Balaban J connectivity index is 1.49. The Hall–Kier alpha value is -2.06. The number of hydrogen-bond donors (Lipinski definition) is 0. The van der Waals surface area contributed by atoms with Gasteiger partial charge in [-0.25, -0.2) is 4.68 Å². The SMILES string of the molecule is CCOC(=O)C1CCN(Cn2nc(-c3ccncc3)n(C3CC3)c2=S)CC1. The molecule has 0 N–H and O–H groups in total. The number of ether oxygens (including phenoxy) is 1. The zero-order valence-corrected chi connectivity index (χ0v) is 16.4. The second kappa shape index (κ2) is 7.90. The van der Waals surface area contributed by atoms with Gasteiger partial charge in [-0.15, -0.1) is 0 Å². The summed E-state index contributed by atoms with van der Waals surface area (Å²) in [7, 11) is 0. The molecule has 0 aromatic carbocycles. The first-order valence-electron chi connectivity index (χ1n) is 9.66. The van der Waals surface area contributed by atoms with E-state index in [0.29, 0.717) is 19.3 Å². The number of pyridine rings is 1. The number of esters is 1. The van der Waals surface area contributed by atoms with Gasteiger partial charge in [0, 0.05) is 37.1 Å². The summed E-state index contributed by atoms with van der Waals surface area (Å²) in [6, 6.07) is 4.42. The Morgan fingerprint density at radius 1 is 1.22 bits per heavy atom. The Kier molecular flexibility index (Phi) is 5.36. The molecule has 2 aromatic rings. The summed E-state index contributed by atoms with van der Waals surface area (Å²) >= 11 is 5.74. The third-order valence-electron chi connectivity index (χ3n) is 5.26. The van der Waals surface area contributed by atoms with Gasteiger partial charge < -0.3 is 4.74 Å². The maximum Gasteiger partial charge on any atom is 0.309 e. The van der Waals surface area contributed by atoms with Gasteiger partial charge in [0.2, 0.25) is 0 Å². The van der Waals surface area contributed by atoms with E-state index in [0.717, 1.165) is 54.9 Å². The lowest BCUT2D eigenvalue weighted by Gasteiger charge is -2.30. The first-order valence-corrected chi connectivity index (χ1v) is 10.1. The van der Waals surface area contributed by atoms with E-state index in [-0.39, 0.29) is 11.9 Å². The number of carbonyl (C=O) groups is 1. The summed E-state index contributed by atoms with van der Waals surface area (Å²) < 4.78 is 10.0. The average Bonchev–Trinajstić information content (AvgIpc) is 3.48. The average molecular weight is 388 g/mol. The monoisotopic (exact) mass is 387 g/mol. The topological polar surface area (TPSA) is 65.2 Å². The summed E-state index contributed by atoms with van der Waals surface area (Å²) in [5.74, 6) is 0.878. The minimum atomic E-state index is -0.0632. The van der Waals surface area contributed by atoms with E-state index < -0.39 is 0 Å². The van der Waals surface area contributed by atoms with Crippen molar-refractivity contribution in [3.63, 3.8) is 0 Å². The number of hydrogen-bond acceptors (Lipinski definition) is 6. The number of nitrogens with zero attached hydrogens (tertiary/aromatic N) is 5. The van der Waals surface area contributed by atoms with Crippen molar-refractivity contribution in [2.75, 3.05) is 19.7 Å². The van der Waals surface area contributed by atoms with Crippen molar-refractivity contribution in [3.8, 4) is 11.4 Å². The third kappa shape index (κ3) is 3.96. The van der Waals surface area contributed by atoms with Crippen LogP contribution in [0.2, 0.25) is 0 Å². The van der Waals surface area contributed by atoms with Crippen molar-refractivity contribution in [3.05, 3.63) is 29.3 Å². The molecule has 7 nitrogen and oxygen atoms in total. The van der Waals surface area contributed by atoms with E-state index in [2.05, 4.69) is 14.5 Å². The van der Waals surface area contributed by atoms with Crippen molar-refractivity contribution < 1.29 is 9.53 Å².